The number of ether oxygens (including phenoxy) is 3. The average molecular weight is 984 g/mol. The van der Waals surface area contributed by atoms with Crippen molar-refractivity contribution >= 4 is 17.9 Å². The minimum atomic E-state index is -0.775. The molecule has 0 aromatic rings. The molecule has 0 aliphatic heterocycles. The predicted octanol–water partition coefficient (Wildman–Crippen LogP) is 20.8. The SMILES string of the molecule is CCCC/C=C\C/C=C\CCCCCCCC(=O)OCC(COC(=O)CCCCCCCCCCCCC/C=C\CCCCCCCCCC)OC(=O)CCCCCCCCCCCCCCCCC. The van der Waals surface area contributed by atoms with Crippen molar-refractivity contribution in [2.75, 3.05) is 13.2 Å². The van der Waals surface area contributed by atoms with Gasteiger partial charge in [-0.05, 0) is 70.6 Å². The first-order valence-corrected chi connectivity index (χ1v) is 31.0. The molecular formula is C64H118O6. The zero-order valence-corrected chi connectivity index (χ0v) is 47.1. The molecule has 0 saturated heterocycles. The summed E-state index contributed by atoms with van der Waals surface area (Å²) < 4.78 is 16.9. The van der Waals surface area contributed by atoms with Crippen LogP contribution in [0.25, 0.3) is 0 Å². The molecule has 6 nitrogen and oxygen atoms in total. The van der Waals surface area contributed by atoms with Crippen LogP contribution in [0.15, 0.2) is 36.5 Å². The Bertz CT molecular complexity index is 1170. The molecule has 0 aliphatic rings. The maximum Gasteiger partial charge on any atom is 0.306 e. The lowest BCUT2D eigenvalue weighted by Crippen LogP contribution is -2.30. The quantitative estimate of drug-likeness (QED) is 0.0261. The standard InChI is InChI=1S/C64H118O6/c1-4-7-10-13-16-19-22-25-28-29-30-31-32-33-34-35-37-39-42-45-48-51-54-57-63(66)69-60-61(59-68-62(65)56-53-50-47-44-41-38-27-24-21-18-15-12-9-6-3)70-64(67)58-55-52-49-46-43-40-36-26-23-20-17-14-11-8-5-2/h15,18,24,27,29-30,61H,4-14,16-17,19-23,25-26,28,31-60H2,1-3H3/b18-15-,27-24-,30-29-. The third-order valence-corrected chi connectivity index (χ3v) is 13.9. The number of esters is 3. The number of hydrogen-bond donors (Lipinski definition) is 0. The van der Waals surface area contributed by atoms with Gasteiger partial charge in [0.15, 0.2) is 6.10 Å². The van der Waals surface area contributed by atoms with Crippen molar-refractivity contribution in [3.63, 3.8) is 0 Å². The smallest absolute Gasteiger partial charge is 0.306 e. The molecule has 70 heavy (non-hydrogen) atoms. The second-order valence-electron chi connectivity index (χ2n) is 21.0. The highest BCUT2D eigenvalue weighted by Crippen LogP contribution is 2.17. The van der Waals surface area contributed by atoms with Gasteiger partial charge in [0, 0.05) is 19.3 Å². The van der Waals surface area contributed by atoms with Crippen LogP contribution in [0.3, 0.4) is 0 Å². The molecule has 6 heteroatoms. The molecule has 410 valence electrons. The van der Waals surface area contributed by atoms with Crippen molar-refractivity contribution in [1.82, 2.24) is 0 Å². The topological polar surface area (TPSA) is 78.9 Å². The number of allylic oxidation sites excluding steroid dienone is 6. The van der Waals surface area contributed by atoms with E-state index in [2.05, 4.69) is 57.2 Å². The van der Waals surface area contributed by atoms with Gasteiger partial charge >= 0.3 is 17.9 Å². The third-order valence-electron chi connectivity index (χ3n) is 13.9. The highest BCUT2D eigenvalue weighted by Gasteiger charge is 2.19. The monoisotopic (exact) mass is 983 g/mol. The molecule has 1 atom stereocenters. The minimum absolute atomic E-state index is 0.0731. The Morgan fingerprint density at radius 2 is 0.529 bits per heavy atom. The summed E-state index contributed by atoms with van der Waals surface area (Å²) in [5.41, 5.74) is 0. The summed E-state index contributed by atoms with van der Waals surface area (Å²) in [7, 11) is 0. The van der Waals surface area contributed by atoms with E-state index in [0.717, 1.165) is 77.0 Å². The summed E-state index contributed by atoms with van der Waals surface area (Å²) in [6.45, 7) is 6.64. The largest absolute Gasteiger partial charge is 0.462 e. The van der Waals surface area contributed by atoms with Gasteiger partial charge in [-0.1, -0.05) is 282 Å². The van der Waals surface area contributed by atoms with Crippen molar-refractivity contribution in [3.05, 3.63) is 36.5 Å². The van der Waals surface area contributed by atoms with Crippen molar-refractivity contribution < 1.29 is 28.6 Å². The van der Waals surface area contributed by atoms with E-state index in [-0.39, 0.29) is 31.1 Å². The number of rotatable bonds is 57. The lowest BCUT2D eigenvalue weighted by Gasteiger charge is -2.18. The second-order valence-corrected chi connectivity index (χ2v) is 21.0. The van der Waals surface area contributed by atoms with Crippen LogP contribution in [0, 0.1) is 0 Å². The maximum absolute atomic E-state index is 12.9. The molecule has 0 amide bonds. The fourth-order valence-electron chi connectivity index (χ4n) is 9.16. The number of hydrogen-bond acceptors (Lipinski definition) is 6. The van der Waals surface area contributed by atoms with Crippen LogP contribution in [-0.4, -0.2) is 37.2 Å². The molecule has 0 radical (unpaired) electrons. The fourth-order valence-corrected chi connectivity index (χ4v) is 9.16. The van der Waals surface area contributed by atoms with Crippen LogP contribution in [-0.2, 0) is 28.6 Å². The Hall–Kier alpha value is -2.37. The summed E-state index contributed by atoms with van der Waals surface area (Å²) >= 11 is 0. The lowest BCUT2D eigenvalue weighted by atomic mass is 10.0. The molecule has 0 N–H and O–H groups in total. The summed E-state index contributed by atoms with van der Waals surface area (Å²) in [5.74, 6) is -0.867. The predicted molar refractivity (Wildman–Crippen MR) is 302 cm³/mol. The molecule has 0 rings (SSSR count). The number of unbranched alkanes of at least 4 members (excludes halogenated alkanes) is 40. The van der Waals surface area contributed by atoms with Crippen LogP contribution in [0.4, 0.5) is 0 Å². The molecule has 0 fully saturated rings. The first-order chi connectivity index (χ1) is 34.5. The highest BCUT2D eigenvalue weighted by molar-refractivity contribution is 5.71. The highest BCUT2D eigenvalue weighted by atomic mass is 16.6. The van der Waals surface area contributed by atoms with Crippen LogP contribution in [0.2, 0.25) is 0 Å². The zero-order chi connectivity index (χ0) is 50.7. The number of carbonyl (C=O) groups excluding carboxylic acids is 3. The Morgan fingerprint density at radius 1 is 0.286 bits per heavy atom. The Morgan fingerprint density at radius 3 is 0.843 bits per heavy atom. The van der Waals surface area contributed by atoms with E-state index >= 15 is 0 Å². The van der Waals surface area contributed by atoms with Gasteiger partial charge in [0.2, 0.25) is 0 Å². The van der Waals surface area contributed by atoms with Gasteiger partial charge in [0.25, 0.3) is 0 Å². The van der Waals surface area contributed by atoms with Gasteiger partial charge in [-0.2, -0.15) is 0 Å². The third kappa shape index (κ3) is 56.5. The zero-order valence-electron chi connectivity index (χ0n) is 47.1. The average Bonchev–Trinajstić information content (AvgIpc) is 3.36. The molecule has 0 aromatic heterocycles. The fraction of sp³-hybridized carbons (Fsp3) is 0.859. The molecule has 0 aliphatic carbocycles. The molecule has 1 unspecified atom stereocenters. The normalized spacial score (nSPS) is 12.2. The van der Waals surface area contributed by atoms with E-state index in [1.807, 2.05) is 0 Å². The molecule has 0 saturated carbocycles. The van der Waals surface area contributed by atoms with Crippen LogP contribution in [0.1, 0.15) is 335 Å². The first kappa shape index (κ1) is 67.6. The van der Waals surface area contributed by atoms with Gasteiger partial charge in [0.05, 0.1) is 0 Å². The van der Waals surface area contributed by atoms with Crippen LogP contribution in [0.5, 0.6) is 0 Å². The Labute approximate surface area is 435 Å². The second kappa shape index (κ2) is 59.2. The Balaban J connectivity index is 4.28. The van der Waals surface area contributed by atoms with E-state index in [1.54, 1.807) is 0 Å². The van der Waals surface area contributed by atoms with Crippen molar-refractivity contribution in [2.45, 2.75) is 341 Å². The molecular weight excluding hydrogens is 865 g/mol. The van der Waals surface area contributed by atoms with Gasteiger partial charge in [-0.3, -0.25) is 14.4 Å². The van der Waals surface area contributed by atoms with Crippen LogP contribution < -0.4 is 0 Å². The van der Waals surface area contributed by atoms with Gasteiger partial charge in [-0.25, -0.2) is 0 Å². The van der Waals surface area contributed by atoms with E-state index in [4.69, 9.17) is 14.2 Å². The maximum atomic E-state index is 12.9. The molecule has 0 heterocycles. The minimum Gasteiger partial charge on any atom is -0.462 e. The van der Waals surface area contributed by atoms with Gasteiger partial charge in [-0.15, -0.1) is 0 Å². The van der Waals surface area contributed by atoms with E-state index in [1.165, 1.54) is 218 Å². The van der Waals surface area contributed by atoms with Crippen molar-refractivity contribution in [1.29, 1.82) is 0 Å². The van der Waals surface area contributed by atoms with E-state index in [0.29, 0.717) is 19.3 Å². The van der Waals surface area contributed by atoms with Gasteiger partial charge < -0.3 is 14.2 Å². The summed E-state index contributed by atoms with van der Waals surface area (Å²) in [6.07, 6.45) is 71.4. The Kier molecular flexibility index (Phi) is 57.2. The van der Waals surface area contributed by atoms with Crippen LogP contribution >= 0.6 is 0 Å². The first-order valence-electron chi connectivity index (χ1n) is 31.0. The lowest BCUT2D eigenvalue weighted by molar-refractivity contribution is -0.167. The van der Waals surface area contributed by atoms with Gasteiger partial charge in [0.1, 0.15) is 13.2 Å². The summed E-state index contributed by atoms with van der Waals surface area (Å²) in [5, 5.41) is 0. The molecule has 0 spiro atoms. The van der Waals surface area contributed by atoms with Crippen molar-refractivity contribution in [3.8, 4) is 0 Å². The van der Waals surface area contributed by atoms with E-state index < -0.39 is 6.10 Å². The van der Waals surface area contributed by atoms with E-state index in [9.17, 15) is 14.4 Å². The number of carbonyl (C=O) groups is 3. The summed E-state index contributed by atoms with van der Waals surface area (Å²) in [6, 6.07) is 0. The molecule has 0 bridgehead atoms. The molecule has 0 aromatic carbocycles. The summed E-state index contributed by atoms with van der Waals surface area (Å²) in [4.78, 5) is 38.2. The van der Waals surface area contributed by atoms with Crippen molar-refractivity contribution in [2.24, 2.45) is 0 Å².